The summed E-state index contributed by atoms with van der Waals surface area (Å²) in [6.07, 6.45) is 1.51. The Morgan fingerprint density at radius 1 is 1.32 bits per heavy atom. The van der Waals surface area contributed by atoms with Crippen LogP contribution >= 0.6 is 0 Å². The third kappa shape index (κ3) is 2.73. The summed E-state index contributed by atoms with van der Waals surface area (Å²) in [6, 6.07) is 4.31. The van der Waals surface area contributed by atoms with Crippen LogP contribution in [0.2, 0.25) is 0 Å². The molecule has 2 N–H and O–H groups in total. The molecule has 0 unspecified atom stereocenters. The van der Waals surface area contributed by atoms with Crippen molar-refractivity contribution in [3.05, 3.63) is 23.3 Å². The van der Waals surface area contributed by atoms with Crippen LogP contribution in [-0.2, 0) is 4.79 Å². The Morgan fingerprint density at radius 3 is 2.74 bits per heavy atom. The molecule has 0 atom stereocenters. The predicted molar refractivity (Wildman–Crippen MR) is 79.8 cm³/mol. The quantitative estimate of drug-likeness (QED) is 0.903. The van der Waals surface area contributed by atoms with E-state index in [0.29, 0.717) is 13.0 Å². The number of nitrogens with zero attached hydrogens (tertiary/aromatic N) is 2. The summed E-state index contributed by atoms with van der Waals surface area (Å²) >= 11 is 0. The largest absolute Gasteiger partial charge is 0.369 e. The first-order valence-electron chi connectivity index (χ1n) is 6.87. The average Bonchev–Trinajstić information content (AvgIpc) is 2.47. The fraction of sp³-hybridized carbons (Fsp3) is 0.533. The molecule has 1 aromatic carbocycles. The van der Waals surface area contributed by atoms with E-state index >= 15 is 0 Å². The maximum Gasteiger partial charge on any atom is 0.228 e. The van der Waals surface area contributed by atoms with Gasteiger partial charge in [-0.25, -0.2) is 0 Å². The molecular formula is C15H23N3O. The molecule has 0 aromatic heterocycles. The number of hydrogen-bond donors (Lipinski definition) is 1. The highest BCUT2D eigenvalue weighted by Crippen LogP contribution is 2.36. The van der Waals surface area contributed by atoms with Crippen molar-refractivity contribution in [2.45, 2.75) is 26.7 Å². The fourth-order valence-electron chi connectivity index (χ4n) is 2.77. The monoisotopic (exact) mass is 261 g/mol. The van der Waals surface area contributed by atoms with Gasteiger partial charge >= 0.3 is 0 Å². The summed E-state index contributed by atoms with van der Waals surface area (Å²) in [5, 5.41) is 0. The number of carbonyl (C=O) groups is 1. The number of carbonyl (C=O) groups excluding carboxylic acids is 1. The molecule has 19 heavy (non-hydrogen) atoms. The second kappa shape index (κ2) is 5.61. The Balaban J connectivity index is 2.48. The van der Waals surface area contributed by atoms with Crippen LogP contribution in [0.25, 0.3) is 0 Å². The Morgan fingerprint density at radius 2 is 2.05 bits per heavy atom. The van der Waals surface area contributed by atoms with Crippen LogP contribution in [0.15, 0.2) is 12.1 Å². The molecule has 0 spiro atoms. The average molecular weight is 261 g/mol. The molecule has 1 heterocycles. The molecular weight excluding hydrogens is 238 g/mol. The first kappa shape index (κ1) is 13.9. The van der Waals surface area contributed by atoms with E-state index in [9.17, 15) is 4.79 Å². The highest BCUT2D eigenvalue weighted by atomic mass is 16.2. The standard InChI is InChI=1S/C15H23N3O/c1-11-9-12(2)15-13(10-11)18(7-4-6-16)8-5-14(19)17(15)3/h9-10H,4-8,16H2,1-3H3. The smallest absolute Gasteiger partial charge is 0.228 e. The van der Waals surface area contributed by atoms with Crippen LogP contribution in [0, 0.1) is 13.8 Å². The number of rotatable bonds is 3. The molecule has 1 aromatic rings. The molecule has 0 bridgehead atoms. The van der Waals surface area contributed by atoms with E-state index in [-0.39, 0.29) is 5.91 Å². The van der Waals surface area contributed by atoms with Crippen LogP contribution in [0.5, 0.6) is 0 Å². The van der Waals surface area contributed by atoms with Gasteiger partial charge in [0.05, 0.1) is 11.4 Å². The topological polar surface area (TPSA) is 49.6 Å². The minimum absolute atomic E-state index is 0.184. The lowest BCUT2D eigenvalue weighted by Gasteiger charge is -2.27. The Labute approximate surface area is 115 Å². The molecule has 1 aliphatic heterocycles. The zero-order valence-electron chi connectivity index (χ0n) is 12.1. The predicted octanol–water partition coefficient (Wildman–Crippen LogP) is 1.83. The van der Waals surface area contributed by atoms with E-state index in [1.165, 1.54) is 11.3 Å². The zero-order valence-corrected chi connectivity index (χ0v) is 12.1. The van der Waals surface area contributed by atoms with Crippen molar-refractivity contribution < 1.29 is 4.79 Å². The van der Waals surface area contributed by atoms with Crippen LogP contribution in [0.3, 0.4) is 0 Å². The van der Waals surface area contributed by atoms with Crippen LogP contribution in [-0.4, -0.2) is 32.6 Å². The summed E-state index contributed by atoms with van der Waals surface area (Å²) in [6.45, 7) is 6.54. The molecule has 0 fully saturated rings. The minimum atomic E-state index is 0.184. The van der Waals surface area contributed by atoms with Crippen molar-refractivity contribution in [3.8, 4) is 0 Å². The van der Waals surface area contributed by atoms with Crippen LogP contribution in [0.4, 0.5) is 11.4 Å². The van der Waals surface area contributed by atoms with E-state index in [1.807, 2.05) is 7.05 Å². The number of amides is 1. The maximum absolute atomic E-state index is 12.1. The number of anilines is 2. The van der Waals surface area contributed by atoms with E-state index < -0.39 is 0 Å². The van der Waals surface area contributed by atoms with E-state index in [2.05, 4.69) is 30.9 Å². The van der Waals surface area contributed by atoms with Gasteiger partial charge in [0.1, 0.15) is 0 Å². The van der Waals surface area contributed by atoms with Gasteiger partial charge in [0, 0.05) is 26.6 Å². The second-order valence-electron chi connectivity index (χ2n) is 5.28. The highest BCUT2D eigenvalue weighted by Gasteiger charge is 2.25. The van der Waals surface area contributed by atoms with Crippen molar-refractivity contribution in [2.24, 2.45) is 5.73 Å². The number of benzene rings is 1. The SMILES string of the molecule is Cc1cc(C)c2c(c1)N(CCCN)CCC(=O)N2C. The zero-order chi connectivity index (χ0) is 14.0. The Kier molecular flexibility index (Phi) is 4.10. The number of aryl methyl sites for hydroxylation is 2. The summed E-state index contributed by atoms with van der Waals surface area (Å²) in [4.78, 5) is 16.2. The van der Waals surface area contributed by atoms with Gasteiger partial charge in [0.15, 0.2) is 0 Å². The number of fused-ring (bicyclic) bond motifs is 1. The van der Waals surface area contributed by atoms with Gasteiger partial charge in [0.2, 0.25) is 5.91 Å². The Bertz CT molecular complexity index is 485. The minimum Gasteiger partial charge on any atom is -0.369 e. The van der Waals surface area contributed by atoms with Crippen molar-refractivity contribution in [3.63, 3.8) is 0 Å². The van der Waals surface area contributed by atoms with Gasteiger partial charge in [-0.3, -0.25) is 4.79 Å². The first-order chi connectivity index (χ1) is 9.04. The summed E-state index contributed by atoms with van der Waals surface area (Å²) in [5.74, 6) is 0.184. The lowest BCUT2D eigenvalue weighted by atomic mass is 10.1. The van der Waals surface area contributed by atoms with Crippen molar-refractivity contribution in [1.29, 1.82) is 0 Å². The Hall–Kier alpha value is -1.55. The van der Waals surface area contributed by atoms with Gasteiger partial charge in [-0.1, -0.05) is 6.07 Å². The molecule has 104 valence electrons. The number of hydrogen-bond acceptors (Lipinski definition) is 3. The van der Waals surface area contributed by atoms with Gasteiger partial charge in [0.25, 0.3) is 0 Å². The van der Waals surface area contributed by atoms with E-state index in [4.69, 9.17) is 5.73 Å². The molecule has 0 saturated heterocycles. The summed E-state index contributed by atoms with van der Waals surface area (Å²) in [7, 11) is 1.87. The van der Waals surface area contributed by atoms with Gasteiger partial charge in [-0.05, 0) is 44.0 Å². The molecule has 4 nitrogen and oxygen atoms in total. The first-order valence-corrected chi connectivity index (χ1v) is 6.87. The number of nitrogens with two attached hydrogens (primary N) is 1. The van der Waals surface area contributed by atoms with E-state index in [0.717, 1.165) is 30.8 Å². The van der Waals surface area contributed by atoms with Crippen molar-refractivity contribution in [2.75, 3.05) is 36.5 Å². The molecule has 4 heteroatoms. The van der Waals surface area contributed by atoms with Crippen LogP contribution < -0.4 is 15.5 Å². The van der Waals surface area contributed by atoms with Gasteiger partial charge in [-0.15, -0.1) is 0 Å². The normalized spacial score (nSPS) is 15.5. The fourth-order valence-corrected chi connectivity index (χ4v) is 2.77. The van der Waals surface area contributed by atoms with Crippen molar-refractivity contribution in [1.82, 2.24) is 0 Å². The van der Waals surface area contributed by atoms with Gasteiger partial charge in [-0.2, -0.15) is 0 Å². The lowest BCUT2D eigenvalue weighted by molar-refractivity contribution is -0.118. The molecule has 1 amide bonds. The maximum atomic E-state index is 12.1. The van der Waals surface area contributed by atoms with Gasteiger partial charge < -0.3 is 15.5 Å². The van der Waals surface area contributed by atoms with E-state index in [1.54, 1.807) is 4.90 Å². The van der Waals surface area contributed by atoms with Crippen molar-refractivity contribution >= 4 is 17.3 Å². The molecule has 0 aliphatic carbocycles. The summed E-state index contributed by atoms with van der Waals surface area (Å²) < 4.78 is 0. The molecule has 1 aliphatic rings. The molecule has 0 saturated carbocycles. The van der Waals surface area contributed by atoms with Crippen LogP contribution in [0.1, 0.15) is 24.0 Å². The second-order valence-corrected chi connectivity index (χ2v) is 5.28. The summed E-state index contributed by atoms with van der Waals surface area (Å²) in [5.41, 5.74) is 10.2. The lowest BCUT2D eigenvalue weighted by Crippen LogP contribution is -2.27. The third-order valence-corrected chi connectivity index (χ3v) is 3.70. The molecule has 2 rings (SSSR count). The highest BCUT2D eigenvalue weighted by molar-refractivity contribution is 5.99. The third-order valence-electron chi connectivity index (χ3n) is 3.70. The molecule has 0 radical (unpaired) electrons.